The Bertz CT molecular complexity index is 715. The van der Waals surface area contributed by atoms with Crippen LogP contribution >= 0.6 is 0 Å². The van der Waals surface area contributed by atoms with Crippen LogP contribution in [0.3, 0.4) is 0 Å². The standard InChI is InChI=1S/C18H19N3O2/c19-17(22)16-12-14-8-4-5-9-15(14)21(16)18(23)20-11-10-13-6-2-1-3-7-13/h1-9,16H,10-12H2,(H2,19,22)(H,20,23)/t16-/m1/s1. The summed E-state index contributed by atoms with van der Waals surface area (Å²) in [5, 5.41) is 2.88. The molecule has 0 aliphatic carbocycles. The molecule has 3 N–H and O–H groups in total. The molecule has 5 heteroatoms. The van der Waals surface area contributed by atoms with Gasteiger partial charge in [0.2, 0.25) is 5.91 Å². The Morgan fingerprint density at radius 2 is 1.78 bits per heavy atom. The van der Waals surface area contributed by atoms with Crippen molar-refractivity contribution < 1.29 is 9.59 Å². The van der Waals surface area contributed by atoms with E-state index in [1.807, 2.05) is 54.6 Å². The molecule has 1 heterocycles. The van der Waals surface area contributed by atoms with Gasteiger partial charge in [-0.2, -0.15) is 0 Å². The summed E-state index contributed by atoms with van der Waals surface area (Å²) in [5.41, 5.74) is 8.34. The van der Waals surface area contributed by atoms with Gasteiger partial charge in [0.25, 0.3) is 0 Å². The summed E-state index contributed by atoms with van der Waals surface area (Å²) in [7, 11) is 0. The number of nitrogens with zero attached hydrogens (tertiary/aromatic N) is 1. The predicted molar refractivity (Wildman–Crippen MR) is 89.2 cm³/mol. The molecule has 0 radical (unpaired) electrons. The molecule has 1 aliphatic rings. The Morgan fingerprint density at radius 1 is 1.09 bits per heavy atom. The molecule has 2 aromatic rings. The number of rotatable bonds is 4. The predicted octanol–water partition coefficient (Wildman–Crippen LogP) is 1.86. The van der Waals surface area contributed by atoms with Crippen molar-refractivity contribution in [2.75, 3.05) is 11.4 Å². The van der Waals surface area contributed by atoms with E-state index in [0.717, 1.165) is 23.2 Å². The summed E-state index contributed by atoms with van der Waals surface area (Å²) in [6.07, 6.45) is 1.21. The van der Waals surface area contributed by atoms with E-state index in [1.54, 1.807) is 0 Å². The summed E-state index contributed by atoms with van der Waals surface area (Å²) in [6, 6.07) is 16.5. The van der Waals surface area contributed by atoms with Crippen LogP contribution in [0, 0.1) is 0 Å². The normalized spacial score (nSPS) is 16.0. The first kappa shape index (κ1) is 15.1. The Hall–Kier alpha value is -2.82. The number of nitrogens with two attached hydrogens (primary N) is 1. The molecule has 118 valence electrons. The highest BCUT2D eigenvalue weighted by Gasteiger charge is 2.36. The second-order valence-corrected chi connectivity index (χ2v) is 5.59. The zero-order valence-corrected chi connectivity index (χ0v) is 12.7. The van der Waals surface area contributed by atoms with Crippen molar-refractivity contribution in [1.29, 1.82) is 0 Å². The number of benzene rings is 2. The maximum absolute atomic E-state index is 12.5. The Morgan fingerprint density at radius 3 is 2.52 bits per heavy atom. The maximum atomic E-state index is 12.5. The third-order valence-corrected chi connectivity index (χ3v) is 4.06. The second kappa shape index (κ2) is 6.52. The van der Waals surface area contributed by atoms with Gasteiger partial charge >= 0.3 is 6.03 Å². The molecule has 0 saturated carbocycles. The van der Waals surface area contributed by atoms with E-state index in [1.165, 1.54) is 4.90 Å². The Labute approximate surface area is 135 Å². The number of para-hydroxylation sites is 1. The zero-order valence-electron chi connectivity index (χ0n) is 12.7. The number of fused-ring (bicyclic) bond motifs is 1. The van der Waals surface area contributed by atoms with Gasteiger partial charge in [0.05, 0.1) is 0 Å². The fourth-order valence-electron chi connectivity index (χ4n) is 2.91. The summed E-state index contributed by atoms with van der Waals surface area (Å²) in [5.74, 6) is -0.487. The number of hydrogen-bond acceptors (Lipinski definition) is 2. The van der Waals surface area contributed by atoms with Gasteiger partial charge in [-0.05, 0) is 23.6 Å². The van der Waals surface area contributed by atoms with Gasteiger partial charge in [-0.1, -0.05) is 48.5 Å². The highest BCUT2D eigenvalue weighted by molar-refractivity contribution is 6.02. The number of anilines is 1. The van der Waals surface area contributed by atoms with E-state index in [2.05, 4.69) is 5.32 Å². The number of primary amides is 1. The topological polar surface area (TPSA) is 75.4 Å². The lowest BCUT2D eigenvalue weighted by atomic mass is 10.1. The average Bonchev–Trinajstić information content (AvgIpc) is 2.95. The van der Waals surface area contributed by atoms with Crippen molar-refractivity contribution in [1.82, 2.24) is 5.32 Å². The van der Waals surface area contributed by atoms with Gasteiger partial charge in [0, 0.05) is 18.7 Å². The number of amides is 3. The summed E-state index contributed by atoms with van der Waals surface area (Å²) < 4.78 is 0. The third-order valence-electron chi connectivity index (χ3n) is 4.06. The molecule has 1 atom stereocenters. The SMILES string of the molecule is NC(=O)[C@H]1Cc2ccccc2N1C(=O)NCCc1ccccc1. The molecular weight excluding hydrogens is 290 g/mol. The lowest BCUT2D eigenvalue weighted by Crippen LogP contribution is -2.50. The first-order chi connectivity index (χ1) is 11.2. The van der Waals surface area contributed by atoms with Crippen molar-refractivity contribution in [2.24, 2.45) is 5.73 Å². The number of hydrogen-bond donors (Lipinski definition) is 2. The molecule has 5 nitrogen and oxygen atoms in total. The molecule has 1 aliphatic heterocycles. The van der Waals surface area contributed by atoms with Gasteiger partial charge in [-0.25, -0.2) is 4.79 Å². The Kier molecular flexibility index (Phi) is 4.28. The first-order valence-corrected chi connectivity index (χ1v) is 7.65. The van der Waals surface area contributed by atoms with Crippen molar-refractivity contribution in [3.05, 3.63) is 65.7 Å². The van der Waals surface area contributed by atoms with Crippen molar-refractivity contribution >= 4 is 17.6 Å². The molecule has 2 aromatic carbocycles. The van der Waals surface area contributed by atoms with Crippen molar-refractivity contribution in [2.45, 2.75) is 18.9 Å². The fraction of sp³-hybridized carbons (Fsp3) is 0.222. The number of nitrogens with one attached hydrogen (secondary N) is 1. The van der Waals surface area contributed by atoms with Crippen molar-refractivity contribution in [3.63, 3.8) is 0 Å². The van der Waals surface area contributed by atoms with Gasteiger partial charge < -0.3 is 11.1 Å². The molecule has 0 saturated heterocycles. The van der Waals surface area contributed by atoms with Crippen LogP contribution in [-0.2, 0) is 17.6 Å². The molecule has 3 rings (SSSR count). The van der Waals surface area contributed by atoms with Crippen LogP contribution < -0.4 is 16.0 Å². The quantitative estimate of drug-likeness (QED) is 0.904. The van der Waals surface area contributed by atoms with Crippen LogP contribution in [0.25, 0.3) is 0 Å². The molecule has 23 heavy (non-hydrogen) atoms. The summed E-state index contributed by atoms with van der Waals surface area (Å²) in [4.78, 5) is 25.7. The highest BCUT2D eigenvalue weighted by Crippen LogP contribution is 2.31. The van der Waals surface area contributed by atoms with Crippen LogP contribution in [0.4, 0.5) is 10.5 Å². The number of carbonyl (C=O) groups is 2. The van der Waals surface area contributed by atoms with Gasteiger partial charge in [0.15, 0.2) is 0 Å². The van der Waals surface area contributed by atoms with Crippen LogP contribution in [0.15, 0.2) is 54.6 Å². The zero-order chi connectivity index (χ0) is 16.2. The highest BCUT2D eigenvalue weighted by atomic mass is 16.2. The molecule has 3 amide bonds. The monoisotopic (exact) mass is 309 g/mol. The fourth-order valence-corrected chi connectivity index (χ4v) is 2.91. The third kappa shape index (κ3) is 3.18. The van der Waals surface area contributed by atoms with E-state index in [4.69, 9.17) is 5.73 Å². The van der Waals surface area contributed by atoms with E-state index in [0.29, 0.717) is 13.0 Å². The van der Waals surface area contributed by atoms with Gasteiger partial charge in [0.1, 0.15) is 6.04 Å². The molecule has 0 bridgehead atoms. The van der Waals surface area contributed by atoms with Gasteiger partial charge in [-0.15, -0.1) is 0 Å². The van der Waals surface area contributed by atoms with E-state index >= 15 is 0 Å². The smallest absolute Gasteiger partial charge is 0.322 e. The molecule has 0 unspecified atom stereocenters. The minimum atomic E-state index is -0.621. The minimum absolute atomic E-state index is 0.283. The van der Waals surface area contributed by atoms with Crippen molar-refractivity contribution in [3.8, 4) is 0 Å². The van der Waals surface area contributed by atoms with Gasteiger partial charge in [-0.3, -0.25) is 9.69 Å². The largest absolute Gasteiger partial charge is 0.368 e. The van der Waals surface area contributed by atoms with E-state index in [-0.39, 0.29) is 6.03 Å². The van der Waals surface area contributed by atoms with Crippen LogP contribution in [0.1, 0.15) is 11.1 Å². The average molecular weight is 309 g/mol. The molecule has 0 spiro atoms. The van der Waals surface area contributed by atoms with E-state index in [9.17, 15) is 9.59 Å². The number of urea groups is 1. The lowest BCUT2D eigenvalue weighted by Gasteiger charge is -2.23. The number of carbonyl (C=O) groups excluding carboxylic acids is 2. The van der Waals surface area contributed by atoms with Crippen LogP contribution in [-0.4, -0.2) is 24.5 Å². The Balaban J connectivity index is 1.68. The van der Waals surface area contributed by atoms with Crippen LogP contribution in [0.2, 0.25) is 0 Å². The second-order valence-electron chi connectivity index (χ2n) is 5.59. The molecule has 0 fully saturated rings. The summed E-state index contributed by atoms with van der Waals surface area (Å²) >= 11 is 0. The molecular formula is C18H19N3O2. The summed E-state index contributed by atoms with van der Waals surface area (Å²) in [6.45, 7) is 0.507. The minimum Gasteiger partial charge on any atom is -0.368 e. The van der Waals surface area contributed by atoms with E-state index < -0.39 is 11.9 Å². The maximum Gasteiger partial charge on any atom is 0.322 e. The first-order valence-electron chi connectivity index (χ1n) is 7.65. The van der Waals surface area contributed by atoms with Crippen LogP contribution in [0.5, 0.6) is 0 Å². The lowest BCUT2D eigenvalue weighted by molar-refractivity contribution is -0.119. The molecule has 0 aromatic heterocycles.